The van der Waals surface area contributed by atoms with Gasteiger partial charge in [0.05, 0.1) is 17.9 Å². The van der Waals surface area contributed by atoms with E-state index < -0.39 is 0 Å². The molecule has 0 aliphatic carbocycles. The maximum Gasteiger partial charge on any atom is 0.135 e. The SMILES string of the molecule is CN1CCN(c2ccc3ccoc3c2)c2ccc(C#N)cc2C1. The topological polar surface area (TPSA) is 43.4 Å². The van der Waals surface area contributed by atoms with E-state index in [2.05, 4.69) is 47.2 Å². The highest BCUT2D eigenvalue weighted by Crippen LogP contribution is 2.33. The highest BCUT2D eigenvalue weighted by atomic mass is 16.3. The van der Waals surface area contributed by atoms with E-state index in [1.54, 1.807) is 6.26 Å². The lowest BCUT2D eigenvalue weighted by Crippen LogP contribution is -2.26. The summed E-state index contributed by atoms with van der Waals surface area (Å²) in [7, 11) is 2.11. The zero-order valence-electron chi connectivity index (χ0n) is 13.0. The van der Waals surface area contributed by atoms with Crippen molar-refractivity contribution in [2.24, 2.45) is 0 Å². The molecule has 0 saturated heterocycles. The Morgan fingerprint density at radius 2 is 2.00 bits per heavy atom. The summed E-state index contributed by atoms with van der Waals surface area (Å²) < 4.78 is 5.55. The normalized spacial score (nSPS) is 15.2. The highest BCUT2D eigenvalue weighted by molar-refractivity contribution is 5.83. The molecule has 4 rings (SSSR count). The summed E-state index contributed by atoms with van der Waals surface area (Å²) in [6, 6.07) is 16.5. The summed E-state index contributed by atoms with van der Waals surface area (Å²) in [5.74, 6) is 0. The van der Waals surface area contributed by atoms with Crippen molar-refractivity contribution in [3.8, 4) is 6.07 Å². The molecule has 23 heavy (non-hydrogen) atoms. The Labute approximate surface area is 135 Å². The van der Waals surface area contributed by atoms with E-state index in [9.17, 15) is 0 Å². The van der Waals surface area contributed by atoms with Gasteiger partial charge >= 0.3 is 0 Å². The number of nitrogens with zero attached hydrogens (tertiary/aromatic N) is 3. The Morgan fingerprint density at radius 3 is 2.87 bits per heavy atom. The molecule has 0 N–H and O–H groups in total. The Morgan fingerprint density at radius 1 is 1.09 bits per heavy atom. The van der Waals surface area contributed by atoms with Crippen molar-refractivity contribution in [3.63, 3.8) is 0 Å². The second-order valence-electron chi connectivity index (χ2n) is 5.99. The summed E-state index contributed by atoms with van der Waals surface area (Å²) in [4.78, 5) is 4.59. The monoisotopic (exact) mass is 303 g/mol. The van der Waals surface area contributed by atoms with Crippen LogP contribution in [0, 0.1) is 11.3 Å². The molecule has 0 spiro atoms. The maximum atomic E-state index is 9.16. The van der Waals surface area contributed by atoms with E-state index in [1.807, 2.05) is 18.2 Å². The van der Waals surface area contributed by atoms with Crippen LogP contribution in [0.4, 0.5) is 11.4 Å². The molecule has 4 nitrogen and oxygen atoms in total. The molecule has 0 atom stereocenters. The molecule has 0 unspecified atom stereocenters. The summed E-state index contributed by atoms with van der Waals surface area (Å²) >= 11 is 0. The van der Waals surface area contributed by atoms with Gasteiger partial charge in [-0.25, -0.2) is 0 Å². The van der Waals surface area contributed by atoms with Crippen LogP contribution >= 0.6 is 0 Å². The molecule has 1 aliphatic rings. The van der Waals surface area contributed by atoms with Gasteiger partial charge in [0, 0.05) is 42.5 Å². The third kappa shape index (κ3) is 2.45. The lowest BCUT2D eigenvalue weighted by Gasteiger charge is -2.25. The molecule has 114 valence electrons. The van der Waals surface area contributed by atoms with Crippen LogP contribution in [0.5, 0.6) is 0 Å². The number of hydrogen-bond acceptors (Lipinski definition) is 4. The third-order valence-electron chi connectivity index (χ3n) is 4.40. The van der Waals surface area contributed by atoms with Gasteiger partial charge in [-0.3, -0.25) is 0 Å². The zero-order chi connectivity index (χ0) is 15.8. The first-order chi connectivity index (χ1) is 11.2. The number of fused-ring (bicyclic) bond motifs is 2. The van der Waals surface area contributed by atoms with Crippen LogP contribution in [-0.4, -0.2) is 25.0 Å². The molecular weight excluding hydrogens is 286 g/mol. The molecule has 2 heterocycles. The zero-order valence-corrected chi connectivity index (χ0v) is 13.0. The molecule has 2 aromatic carbocycles. The van der Waals surface area contributed by atoms with Crippen LogP contribution in [0.1, 0.15) is 11.1 Å². The van der Waals surface area contributed by atoms with Crippen LogP contribution in [0.3, 0.4) is 0 Å². The number of hydrogen-bond donors (Lipinski definition) is 0. The molecule has 4 heteroatoms. The summed E-state index contributed by atoms with van der Waals surface area (Å²) in [6.45, 7) is 2.72. The van der Waals surface area contributed by atoms with Crippen molar-refractivity contribution in [2.45, 2.75) is 6.54 Å². The summed E-state index contributed by atoms with van der Waals surface area (Å²) in [5, 5.41) is 10.3. The summed E-state index contributed by atoms with van der Waals surface area (Å²) in [5.41, 5.74) is 5.08. The standard InChI is InChI=1S/C19H17N3O/c1-21-7-8-22(17-4-3-15-6-9-23-19(15)11-17)18-5-2-14(12-20)10-16(18)13-21/h2-6,9-11H,7-8,13H2,1H3. The number of furan rings is 1. The Balaban J connectivity index is 1.83. The second-order valence-corrected chi connectivity index (χ2v) is 5.99. The minimum Gasteiger partial charge on any atom is -0.464 e. The molecule has 1 aromatic heterocycles. The molecular formula is C19H17N3O. The van der Waals surface area contributed by atoms with Gasteiger partial charge in [-0.15, -0.1) is 0 Å². The Kier molecular flexibility index (Phi) is 3.29. The number of nitriles is 1. The Hall–Kier alpha value is -2.77. The van der Waals surface area contributed by atoms with Crippen molar-refractivity contribution in [1.82, 2.24) is 4.90 Å². The van der Waals surface area contributed by atoms with Gasteiger partial charge in [0.25, 0.3) is 0 Å². The average molecular weight is 303 g/mol. The molecule has 0 bridgehead atoms. The van der Waals surface area contributed by atoms with Crippen molar-refractivity contribution >= 4 is 22.3 Å². The summed E-state index contributed by atoms with van der Waals surface area (Å²) in [6.07, 6.45) is 1.72. The van der Waals surface area contributed by atoms with E-state index in [0.717, 1.165) is 36.3 Å². The third-order valence-corrected chi connectivity index (χ3v) is 4.40. The lowest BCUT2D eigenvalue weighted by atomic mass is 10.1. The first-order valence-corrected chi connectivity index (χ1v) is 7.71. The van der Waals surface area contributed by atoms with E-state index in [1.165, 1.54) is 11.3 Å². The largest absolute Gasteiger partial charge is 0.464 e. The minimum atomic E-state index is 0.709. The molecule has 0 amide bonds. The van der Waals surface area contributed by atoms with Crippen LogP contribution in [-0.2, 0) is 6.54 Å². The van der Waals surface area contributed by atoms with Gasteiger partial charge in [0.2, 0.25) is 0 Å². The first kappa shape index (κ1) is 13.9. The van der Waals surface area contributed by atoms with E-state index >= 15 is 0 Å². The van der Waals surface area contributed by atoms with Gasteiger partial charge < -0.3 is 14.2 Å². The van der Waals surface area contributed by atoms with Crippen LogP contribution in [0.25, 0.3) is 11.0 Å². The smallest absolute Gasteiger partial charge is 0.135 e. The average Bonchev–Trinajstić information content (AvgIpc) is 2.97. The van der Waals surface area contributed by atoms with Crippen LogP contribution < -0.4 is 4.90 Å². The van der Waals surface area contributed by atoms with Gasteiger partial charge in [-0.1, -0.05) is 0 Å². The van der Waals surface area contributed by atoms with Crippen molar-refractivity contribution < 1.29 is 4.42 Å². The molecule has 0 radical (unpaired) electrons. The fourth-order valence-corrected chi connectivity index (χ4v) is 3.19. The quantitative estimate of drug-likeness (QED) is 0.684. The molecule has 0 saturated carbocycles. The van der Waals surface area contributed by atoms with Crippen LogP contribution in [0.15, 0.2) is 53.1 Å². The fourth-order valence-electron chi connectivity index (χ4n) is 3.19. The lowest BCUT2D eigenvalue weighted by molar-refractivity contribution is 0.343. The highest BCUT2D eigenvalue weighted by Gasteiger charge is 2.20. The maximum absolute atomic E-state index is 9.16. The van der Waals surface area contributed by atoms with Gasteiger partial charge in [0.15, 0.2) is 0 Å². The number of anilines is 2. The van der Waals surface area contributed by atoms with E-state index in [0.29, 0.717) is 5.56 Å². The van der Waals surface area contributed by atoms with Crippen molar-refractivity contribution in [2.75, 3.05) is 25.0 Å². The Bertz CT molecular complexity index is 906. The predicted octanol–water partition coefficient (Wildman–Crippen LogP) is 3.89. The van der Waals surface area contributed by atoms with E-state index in [-0.39, 0.29) is 0 Å². The number of rotatable bonds is 1. The van der Waals surface area contributed by atoms with Gasteiger partial charge in [0.1, 0.15) is 5.58 Å². The molecule has 3 aromatic rings. The molecule has 1 aliphatic heterocycles. The second kappa shape index (κ2) is 5.45. The number of benzene rings is 2. The predicted molar refractivity (Wildman–Crippen MR) is 90.7 cm³/mol. The van der Waals surface area contributed by atoms with E-state index in [4.69, 9.17) is 9.68 Å². The number of likely N-dealkylation sites (N-methyl/N-ethyl adjacent to an activating group) is 1. The van der Waals surface area contributed by atoms with Gasteiger partial charge in [-0.05, 0) is 49.0 Å². The van der Waals surface area contributed by atoms with Crippen molar-refractivity contribution in [3.05, 3.63) is 59.9 Å². The molecule has 0 fully saturated rings. The van der Waals surface area contributed by atoms with Gasteiger partial charge in [-0.2, -0.15) is 5.26 Å². The van der Waals surface area contributed by atoms with Crippen molar-refractivity contribution in [1.29, 1.82) is 5.26 Å². The fraction of sp³-hybridized carbons (Fsp3) is 0.211. The minimum absolute atomic E-state index is 0.709. The first-order valence-electron chi connectivity index (χ1n) is 7.71. The van der Waals surface area contributed by atoms with Crippen LogP contribution in [0.2, 0.25) is 0 Å².